The summed E-state index contributed by atoms with van der Waals surface area (Å²) in [5.41, 5.74) is 3.84. The molecule has 1 aliphatic heterocycles. The Morgan fingerprint density at radius 3 is 2.50 bits per heavy atom. The third-order valence-corrected chi connectivity index (χ3v) is 4.07. The molecule has 1 aromatic heterocycles. The second-order valence-electron chi connectivity index (χ2n) is 5.87. The topological polar surface area (TPSA) is 16.1 Å². The fourth-order valence-corrected chi connectivity index (χ4v) is 2.83. The molecule has 3 rings (SSSR count). The average molecular weight is 294 g/mol. The minimum absolute atomic E-state index is 0.424. The Bertz CT molecular complexity index is 661. The van der Waals surface area contributed by atoms with E-state index in [0.29, 0.717) is 5.56 Å². The molecule has 1 aromatic carbocycles. The lowest BCUT2D eigenvalue weighted by Crippen LogP contribution is -2.29. The second kappa shape index (κ2) is 6.78. The third-order valence-electron chi connectivity index (χ3n) is 4.07. The first-order valence-electron chi connectivity index (χ1n) is 7.87. The molecule has 1 fully saturated rings. The van der Waals surface area contributed by atoms with Crippen LogP contribution in [0.5, 0.6) is 0 Å². The normalized spacial score (nSPS) is 15.4. The van der Waals surface area contributed by atoms with Gasteiger partial charge in [0.25, 0.3) is 0 Å². The lowest BCUT2D eigenvalue weighted by Gasteiger charge is -2.28. The molecule has 0 atom stereocenters. The van der Waals surface area contributed by atoms with Crippen molar-refractivity contribution in [3.8, 4) is 0 Å². The maximum Gasteiger partial charge on any atom is 0.220 e. The Balaban J connectivity index is 1.72. The number of halogens is 1. The highest BCUT2D eigenvalue weighted by Gasteiger charge is 2.10. The van der Waals surface area contributed by atoms with Crippen molar-refractivity contribution in [2.75, 3.05) is 18.0 Å². The van der Waals surface area contributed by atoms with Crippen LogP contribution in [0.25, 0.3) is 12.2 Å². The van der Waals surface area contributed by atoms with Gasteiger partial charge in [0.2, 0.25) is 5.95 Å². The van der Waals surface area contributed by atoms with Crippen LogP contribution in [0.15, 0.2) is 36.5 Å². The zero-order valence-corrected chi connectivity index (χ0v) is 12.9. The highest BCUT2D eigenvalue weighted by molar-refractivity contribution is 6.32. The molecule has 0 aliphatic carbocycles. The molecule has 22 heavy (non-hydrogen) atoms. The molecule has 2 aromatic rings. The van der Waals surface area contributed by atoms with Crippen LogP contribution < -0.4 is 10.4 Å². The summed E-state index contributed by atoms with van der Waals surface area (Å²) >= 11 is 0. The summed E-state index contributed by atoms with van der Waals surface area (Å²) in [5.74, 6) is -0.424. The van der Waals surface area contributed by atoms with E-state index in [4.69, 9.17) is 0 Å². The molecule has 4 heteroatoms. The van der Waals surface area contributed by atoms with E-state index in [9.17, 15) is 4.39 Å². The van der Waals surface area contributed by atoms with Crippen molar-refractivity contribution >= 4 is 31.1 Å². The average Bonchev–Trinajstić information content (AvgIpc) is 2.57. The lowest BCUT2D eigenvalue weighted by atomic mass is 9.97. The summed E-state index contributed by atoms with van der Waals surface area (Å²) in [7, 11) is 1.91. The molecule has 0 bridgehead atoms. The van der Waals surface area contributed by atoms with Crippen molar-refractivity contribution in [3.63, 3.8) is 0 Å². The Kier molecular flexibility index (Phi) is 4.57. The summed E-state index contributed by atoms with van der Waals surface area (Å²) in [5, 5.41) is 0. The van der Waals surface area contributed by atoms with E-state index < -0.39 is 5.95 Å². The molecule has 0 spiro atoms. The molecule has 0 N–H and O–H groups in total. The first-order chi connectivity index (χ1) is 10.7. The van der Waals surface area contributed by atoms with Crippen molar-refractivity contribution in [1.29, 1.82) is 0 Å². The van der Waals surface area contributed by atoms with Gasteiger partial charge >= 0.3 is 0 Å². The molecule has 1 saturated heterocycles. The van der Waals surface area contributed by atoms with E-state index in [2.05, 4.69) is 34.1 Å². The quantitative estimate of drug-likeness (QED) is 0.639. The molecule has 112 valence electrons. The molecule has 0 radical (unpaired) electrons. The van der Waals surface area contributed by atoms with Gasteiger partial charge in [-0.2, -0.15) is 4.39 Å². The largest absolute Gasteiger partial charge is 0.372 e. The zero-order chi connectivity index (χ0) is 15.4. The van der Waals surface area contributed by atoms with Gasteiger partial charge in [-0.05, 0) is 43.0 Å². The number of piperidine rings is 1. The predicted molar refractivity (Wildman–Crippen MR) is 93.8 cm³/mol. The highest BCUT2D eigenvalue weighted by Crippen LogP contribution is 2.21. The van der Waals surface area contributed by atoms with E-state index in [1.807, 2.05) is 13.9 Å². The van der Waals surface area contributed by atoms with Crippen LogP contribution >= 0.6 is 0 Å². The van der Waals surface area contributed by atoms with E-state index >= 15 is 0 Å². The van der Waals surface area contributed by atoms with Crippen molar-refractivity contribution in [2.45, 2.75) is 19.3 Å². The molecule has 0 saturated carbocycles. The number of aromatic nitrogens is 1. The van der Waals surface area contributed by atoms with E-state index in [1.165, 1.54) is 24.9 Å². The van der Waals surface area contributed by atoms with Gasteiger partial charge in [-0.15, -0.1) is 0 Å². The van der Waals surface area contributed by atoms with Gasteiger partial charge in [0.05, 0.1) is 0 Å². The van der Waals surface area contributed by atoms with Crippen LogP contribution in [0.2, 0.25) is 0 Å². The highest BCUT2D eigenvalue weighted by atomic mass is 19.1. The second-order valence-corrected chi connectivity index (χ2v) is 5.87. The maximum absolute atomic E-state index is 13.6. The van der Waals surface area contributed by atoms with E-state index in [-0.39, 0.29) is 0 Å². The molecule has 1 aliphatic rings. The maximum atomic E-state index is 13.6. The number of anilines is 1. The smallest absolute Gasteiger partial charge is 0.220 e. The molecule has 2 nitrogen and oxygen atoms in total. The van der Waals surface area contributed by atoms with Gasteiger partial charge in [-0.3, -0.25) is 0 Å². The number of benzene rings is 1. The Hall–Kier alpha value is -2.10. The van der Waals surface area contributed by atoms with E-state index in [1.54, 1.807) is 18.3 Å². The summed E-state index contributed by atoms with van der Waals surface area (Å²) in [6.07, 6.45) is 9.15. The number of pyridine rings is 1. The first kappa shape index (κ1) is 14.8. The summed E-state index contributed by atoms with van der Waals surface area (Å²) in [4.78, 5) is 6.17. The van der Waals surface area contributed by atoms with Crippen LogP contribution in [0.4, 0.5) is 10.1 Å². The van der Waals surface area contributed by atoms with Crippen molar-refractivity contribution in [2.24, 2.45) is 0 Å². The molecular formula is C18H20BFN2. The SMILES string of the molecule is Bc1cnc(F)c(/C=C/c2ccc(N3CCCCC3)cc2)c1. The van der Waals surface area contributed by atoms with Crippen molar-refractivity contribution < 1.29 is 4.39 Å². The van der Waals surface area contributed by atoms with Crippen molar-refractivity contribution in [3.05, 3.63) is 53.6 Å². The number of nitrogens with zero attached hydrogens (tertiary/aromatic N) is 2. The Morgan fingerprint density at radius 2 is 1.77 bits per heavy atom. The van der Waals surface area contributed by atoms with E-state index in [0.717, 1.165) is 24.1 Å². The monoisotopic (exact) mass is 294 g/mol. The number of hydrogen-bond donors (Lipinski definition) is 0. The lowest BCUT2D eigenvalue weighted by molar-refractivity contribution is 0.578. The molecule has 2 heterocycles. The van der Waals surface area contributed by atoms with Crippen LogP contribution in [-0.2, 0) is 0 Å². The predicted octanol–water partition coefficient (Wildman–Crippen LogP) is 2.64. The van der Waals surface area contributed by atoms with Crippen LogP contribution in [0.3, 0.4) is 0 Å². The number of rotatable bonds is 3. The van der Waals surface area contributed by atoms with Gasteiger partial charge in [0, 0.05) is 30.5 Å². The fourth-order valence-electron chi connectivity index (χ4n) is 2.83. The first-order valence-corrected chi connectivity index (χ1v) is 7.87. The molecular weight excluding hydrogens is 274 g/mol. The zero-order valence-electron chi connectivity index (χ0n) is 12.9. The Morgan fingerprint density at radius 1 is 1.05 bits per heavy atom. The van der Waals surface area contributed by atoms with Crippen LogP contribution in [0, 0.1) is 5.95 Å². The minimum Gasteiger partial charge on any atom is -0.372 e. The van der Waals surface area contributed by atoms with Crippen molar-refractivity contribution in [1.82, 2.24) is 4.98 Å². The fraction of sp³-hybridized carbons (Fsp3) is 0.278. The van der Waals surface area contributed by atoms with Gasteiger partial charge in [0.1, 0.15) is 7.85 Å². The molecule has 0 amide bonds. The van der Waals surface area contributed by atoms with Gasteiger partial charge in [0.15, 0.2) is 0 Å². The summed E-state index contributed by atoms with van der Waals surface area (Å²) in [6.45, 7) is 2.30. The van der Waals surface area contributed by atoms with Crippen LogP contribution in [-0.4, -0.2) is 25.9 Å². The molecule has 0 unspecified atom stereocenters. The summed E-state index contributed by atoms with van der Waals surface area (Å²) < 4.78 is 13.6. The van der Waals surface area contributed by atoms with Crippen LogP contribution in [0.1, 0.15) is 30.4 Å². The van der Waals surface area contributed by atoms with Gasteiger partial charge in [-0.1, -0.05) is 29.7 Å². The summed E-state index contributed by atoms with van der Waals surface area (Å²) in [6, 6.07) is 10.3. The third kappa shape index (κ3) is 3.56. The van der Waals surface area contributed by atoms with Gasteiger partial charge in [-0.25, -0.2) is 4.98 Å². The minimum atomic E-state index is -0.424. The van der Waals surface area contributed by atoms with Gasteiger partial charge < -0.3 is 4.90 Å². The Labute approximate surface area is 132 Å². The number of hydrogen-bond acceptors (Lipinski definition) is 2. The standard InChI is InChI=1S/C18H20BFN2/c19-16-12-15(18(20)21-13-16)7-4-14-5-8-17(9-6-14)22-10-2-1-3-11-22/h4-9,12-13H,1-3,10-11,19H2/b7-4+.